The number of amides is 2. The van der Waals surface area contributed by atoms with Crippen LogP contribution in [0.3, 0.4) is 0 Å². The SMILES string of the molecule is CCCCOc1ccc(C(=O)NCC(=O)NC(C)(C)C)cc1OC. The molecule has 1 rings (SSSR count). The van der Waals surface area contributed by atoms with Crippen LogP contribution >= 0.6 is 0 Å². The van der Waals surface area contributed by atoms with Gasteiger partial charge in [0.15, 0.2) is 11.5 Å². The number of unbranched alkanes of at least 4 members (excludes halogenated alkanes) is 1. The molecule has 0 heterocycles. The smallest absolute Gasteiger partial charge is 0.251 e. The molecule has 0 saturated carbocycles. The monoisotopic (exact) mass is 336 g/mol. The predicted octanol–water partition coefficient (Wildman–Crippen LogP) is 2.52. The summed E-state index contributed by atoms with van der Waals surface area (Å²) in [4.78, 5) is 23.9. The summed E-state index contributed by atoms with van der Waals surface area (Å²) in [6.07, 6.45) is 1.99. The van der Waals surface area contributed by atoms with Crippen LogP contribution in [0.25, 0.3) is 0 Å². The molecule has 0 aliphatic heterocycles. The summed E-state index contributed by atoms with van der Waals surface area (Å²) < 4.78 is 10.9. The molecular weight excluding hydrogens is 308 g/mol. The van der Waals surface area contributed by atoms with Crippen molar-refractivity contribution in [3.05, 3.63) is 23.8 Å². The highest BCUT2D eigenvalue weighted by Gasteiger charge is 2.16. The molecule has 24 heavy (non-hydrogen) atoms. The zero-order chi connectivity index (χ0) is 18.2. The van der Waals surface area contributed by atoms with Crippen molar-refractivity contribution in [2.45, 2.75) is 46.1 Å². The van der Waals surface area contributed by atoms with Gasteiger partial charge in [-0.05, 0) is 45.4 Å². The third-order valence-electron chi connectivity index (χ3n) is 3.11. The second kappa shape index (κ2) is 9.15. The van der Waals surface area contributed by atoms with Crippen LogP contribution in [0.2, 0.25) is 0 Å². The Labute approximate surface area is 143 Å². The van der Waals surface area contributed by atoms with E-state index < -0.39 is 0 Å². The van der Waals surface area contributed by atoms with E-state index >= 15 is 0 Å². The Morgan fingerprint density at radius 3 is 2.46 bits per heavy atom. The maximum Gasteiger partial charge on any atom is 0.251 e. The van der Waals surface area contributed by atoms with E-state index in [1.165, 1.54) is 7.11 Å². The van der Waals surface area contributed by atoms with E-state index in [0.717, 1.165) is 12.8 Å². The number of benzene rings is 1. The molecule has 0 unspecified atom stereocenters. The van der Waals surface area contributed by atoms with E-state index in [1.807, 2.05) is 20.8 Å². The van der Waals surface area contributed by atoms with Crippen molar-refractivity contribution in [3.8, 4) is 11.5 Å². The third kappa shape index (κ3) is 6.89. The standard InChI is InChI=1S/C18H28N2O4/c1-6-7-10-24-14-9-8-13(11-15(14)23-5)17(22)19-12-16(21)20-18(2,3)4/h8-9,11H,6-7,10,12H2,1-5H3,(H,19,22)(H,20,21). The van der Waals surface area contributed by atoms with Gasteiger partial charge in [0.1, 0.15) is 0 Å². The van der Waals surface area contributed by atoms with E-state index in [2.05, 4.69) is 17.6 Å². The quantitative estimate of drug-likeness (QED) is 0.715. The van der Waals surface area contributed by atoms with Crippen LogP contribution < -0.4 is 20.1 Å². The Morgan fingerprint density at radius 1 is 1.17 bits per heavy atom. The minimum absolute atomic E-state index is 0.0762. The number of hydrogen-bond acceptors (Lipinski definition) is 4. The van der Waals surface area contributed by atoms with Gasteiger partial charge in [-0.15, -0.1) is 0 Å². The fourth-order valence-electron chi connectivity index (χ4n) is 1.98. The minimum atomic E-state index is -0.336. The first-order valence-electron chi connectivity index (χ1n) is 8.17. The lowest BCUT2D eigenvalue weighted by Gasteiger charge is -2.20. The Hall–Kier alpha value is -2.24. The van der Waals surface area contributed by atoms with E-state index in [9.17, 15) is 9.59 Å². The van der Waals surface area contributed by atoms with Crippen molar-refractivity contribution in [1.82, 2.24) is 10.6 Å². The number of carbonyl (C=O) groups excluding carboxylic acids is 2. The lowest BCUT2D eigenvalue weighted by atomic mass is 10.1. The summed E-state index contributed by atoms with van der Waals surface area (Å²) in [7, 11) is 1.53. The minimum Gasteiger partial charge on any atom is -0.493 e. The van der Waals surface area contributed by atoms with Crippen LogP contribution in [0.15, 0.2) is 18.2 Å². The molecule has 0 spiro atoms. The van der Waals surface area contributed by atoms with Crippen molar-refractivity contribution in [2.75, 3.05) is 20.3 Å². The summed E-state index contributed by atoms with van der Waals surface area (Å²) in [5, 5.41) is 5.38. The van der Waals surface area contributed by atoms with Crippen molar-refractivity contribution >= 4 is 11.8 Å². The predicted molar refractivity (Wildman–Crippen MR) is 93.6 cm³/mol. The van der Waals surface area contributed by atoms with Crippen LogP contribution in [0.4, 0.5) is 0 Å². The van der Waals surface area contributed by atoms with E-state index in [1.54, 1.807) is 18.2 Å². The van der Waals surface area contributed by atoms with Gasteiger partial charge < -0.3 is 20.1 Å². The lowest BCUT2D eigenvalue weighted by Crippen LogP contribution is -2.45. The highest BCUT2D eigenvalue weighted by atomic mass is 16.5. The zero-order valence-electron chi connectivity index (χ0n) is 15.2. The van der Waals surface area contributed by atoms with Crippen LogP contribution in [0.1, 0.15) is 50.9 Å². The molecule has 1 aromatic carbocycles. The fourth-order valence-corrected chi connectivity index (χ4v) is 1.98. The van der Waals surface area contributed by atoms with Crippen molar-refractivity contribution in [3.63, 3.8) is 0 Å². The number of nitrogens with one attached hydrogen (secondary N) is 2. The molecule has 134 valence electrons. The largest absolute Gasteiger partial charge is 0.493 e. The van der Waals surface area contributed by atoms with Crippen LogP contribution in [0.5, 0.6) is 11.5 Å². The summed E-state index contributed by atoms with van der Waals surface area (Å²) in [5.41, 5.74) is 0.0842. The van der Waals surface area contributed by atoms with E-state index in [0.29, 0.717) is 23.7 Å². The normalized spacial score (nSPS) is 10.9. The number of hydrogen-bond donors (Lipinski definition) is 2. The second-order valence-electron chi connectivity index (χ2n) is 6.55. The summed E-state index contributed by atoms with van der Waals surface area (Å²) >= 11 is 0. The van der Waals surface area contributed by atoms with Gasteiger partial charge in [0, 0.05) is 11.1 Å². The number of methoxy groups -OCH3 is 1. The summed E-state index contributed by atoms with van der Waals surface area (Å²) in [6, 6.07) is 4.97. The molecule has 0 saturated heterocycles. The zero-order valence-corrected chi connectivity index (χ0v) is 15.2. The van der Waals surface area contributed by atoms with Crippen LogP contribution in [0, 0.1) is 0 Å². The first kappa shape index (κ1) is 19.8. The van der Waals surface area contributed by atoms with Gasteiger partial charge in [-0.3, -0.25) is 9.59 Å². The highest BCUT2D eigenvalue weighted by Crippen LogP contribution is 2.28. The maximum atomic E-state index is 12.2. The molecule has 0 fully saturated rings. The van der Waals surface area contributed by atoms with Crippen LogP contribution in [-0.4, -0.2) is 37.6 Å². The molecule has 6 nitrogen and oxygen atoms in total. The summed E-state index contributed by atoms with van der Waals surface area (Å²) in [5.74, 6) is 0.533. The number of carbonyl (C=O) groups is 2. The van der Waals surface area contributed by atoms with E-state index in [-0.39, 0.29) is 23.9 Å². The molecule has 2 amide bonds. The Morgan fingerprint density at radius 2 is 1.88 bits per heavy atom. The van der Waals surface area contributed by atoms with Gasteiger partial charge in [0.2, 0.25) is 5.91 Å². The topological polar surface area (TPSA) is 76.7 Å². The van der Waals surface area contributed by atoms with Crippen LogP contribution in [-0.2, 0) is 4.79 Å². The van der Waals surface area contributed by atoms with Gasteiger partial charge in [-0.2, -0.15) is 0 Å². The van der Waals surface area contributed by atoms with Crippen molar-refractivity contribution < 1.29 is 19.1 Å². The summed E-state index contributed by atoms with van der Waals surface area (Å²) in [6.45, 7) is 8.26. The van der Waals surface area contributed by atoms with Gasteiger partial charge in [0.05, 0.1) is 20.3 Å². The fraction of sp³-hybridized carbons (Fsp3) is 0.556. The molecule has 0 radical (unpaired) electrons. The van der Waals surface area contributed by atoms with Gasteiger partial charge >= 0.3 is 0 Å². The first-order valence-corrected chi connectivity index (χ1v) is 8.17. The Bertz CT molecular complexity index is 565. The molecule has 6 heteroatoms. The second-order valence-corrected chi connectivity index (χ2v) is 6.55. The van der Waals surface area contributed by atoms with Crippen molar-refractivity contribution in [1.29, 1.82) is 0 Å². The highest BCUT2D eigenvalue weighted by molar-refractivity contribution is 5.97. The van der Waals surface area contributed by atoms with E-state index in [4.69, 9.17) is 9.47 Å². The average Bonchev–Trinajstić information content (AvgIpc) is 2.51. The number of rotatable bonds is 8. The van der Waals surface area contributed by atoms with Gasteiger partial charge in [0.25, 0.3) is 5.91 Å². The van der Waals surface area contributed by atoms with Gasteiger partial charge in [-0.25, -0.2) is 0 Å². The Kier molecular flexibility index (Phi) is 7.55. The maximum absolute atomic E-state index is 12.2. The molecule has 0 atom stereocenters. The average molecular weight is 336 g/mol. The van der Waals surface area contributed by atoms with Crippen molar-refractivity contribution in [2.24, 2.45) is 0 Å². The first-order chi connectivity index (χ1) is 11.3. The molecular formula is C18H28N2O4. The molecule has 0 bridgehead atoms. The molecule has 0 aliphatic carbocycles. The number of ether oxygens (including phenoxy) is 2. The molecule has 0 aromatic heterocycles. The Balaban J connectivity index is 2.65. The molecule has 0 aliphatic rings. The third-order valence-corrected chi connectivity index (χ3v) is 3.11. The molecule has 1 aromatic rings. The lowest BCUT2D eigenvalue weighted by molar-refractivity contribution is -0.121. The molecule has 2 N–H and O–H groups in total. The van der Waals surface area contributed by atoms with Gasteiger partial charge in [-0.1, -0.05) is 13.3 Å².